The molecule has 2 heteroatoms. The smallest absolute Gasteiger partial charge is 0.0539 e. The number of halogens is 1. The number of rotatable bonds is 2. The summed E-state index contributed by atoms with van der Waals surface area (Å²) in [6.45, 7) is 17.7. The quantitative estimate of drug-likeness (QED) is 0.565. The maximum atomic E-state index is 6.58. The van der Waals surface area contributed by atoms with Gasteiger partial charge in [-0.2, -0.15) is 0 Å². The Labute approximate surface area is 152 Å². The molecule has 0 aliphatic carbocycles. The Kier molecular flexibility index (Phi) is 5.16. The Morgan fingerprint density at radius 2 is 1.46 bits per heavy atom. The first kappa shape index (κ1) is 19.0. The lowest BCUT2D eigenvalue weighted by molar-refractivity contribution is 0.565. The van der Waals surface area contributed by atoms with Crippen LogP contribution in [-0.4, -0.2) is 4.98 Å². The summed E-state index contributed by atoms with van der Waals surface area (Å²) in [4.78, 5) is 4.99. The fraction of sp³-hybridized carbons (Fsp3) is 0.500. The second-order valence-electron chi connectivity index (χ2n) is 8.98. The first-order chi connectivity index (χ1) is 10.9. The Hall–Kier alpha value is -1.34. The fourth-order valence-corrected chi connectivity index (χ4v) is 3.00. The van der Waals surface area contributed by atoms with E-state index in [0.717, 1.165) is 27.5 Å². The van der Waals surface area contributed by atoms with Gasteiger partial charge in [0.15, 0.2) is 0 Å². The molecule has 1 heterocycles. The minimum absolute atomic E-state index is 0.0404. The van der Waals surface area contributed by atoms with Crippen molar-refractivity contribution in [3.63, 3.8) is 0 Å². The number of aromatic nitrogens is 1. The number of hydrogen-bond donors (Lipinski definition) is 0. The molecule has 0 bridgehead atoms. The Bertz CT molecular complexity index is 731. The number of hydrogen-bond acceptors (Lipinski definition) is 1. The van der Waals surface area contributed by atoms with Gasteiger partial charge in [-0.1, -0.05) is 79.1 Å². The average Bonchev–Trinajstić information content (AvgIpc) is 2.45. The van der Waals surface area contributed by atoms with E-state index in [2.05, 4.69) is 79.7 Å². The van der Waals surface area contributed by atoms with Crippen LogP contribution in [0, 0.1) is 0 Å². The van der Waals surface area contributed by atoms with E-state index in [4.69, 9.17) is 16.6 Å². The van der Waals surface area contributed by atoms with Crippen molar-refractivity contribution in [2.24, 2.45) is 0 Å². The lowest BCUT2D eigenvalue weighted by Gasteiger charge is -2.25. The molecule has 0 saturated carbocycles. The van der Waals surface area contributed by atoms with Crippen molar-refractivity contribution in [2.75, 3.05) is 0 Å². The van der Waals surface area contributed by atoms with Gasteiger partial charge in [-0.05, 0) is 35.1 Å². The zero-order valence-electron chi connectivity index (χ0n) is 16.3. The number of nitrogens with zero attached hydrogens (tertiary/aromatic N) is 1. The summed E-state index contributed by atoms with van der Waals surface area (Å²) in [5.41, 5.74) is 5.80. The molecule has 0 aliphatic heterocycles. The van der Waals surface area contributed by atoms with Crippen LogP contribution < -0.4 is 0 Å². The van der Waals surface area contributed by atoms with Crippen LogP contribution in [0.1, 0.15) is 78.3 Å². The average molecular weight is 344 g/mol. The molecule has 0 atom stereocenters. The van der Waals surface area contributed by atoms with Gasteiger partial charge in [-0.25, -0.2) is 0 Å². The highest BCUT2D eigenvalue weighted by atomic mass is 35.5. The van der Waals surface area contributed by atoms with Crippen LogP contribution >= 0.6 is 11.6 Å². The van der Waals surface area contributed by atoms with Crippen LogP contribution in [0.25, 0.3) is 11.1 Å². The molecule has 0 N–H and O–H groups in total. The van der Waals surface area contributed by atoms with Crippen molar-refractivity contribution in [1.82, 2.24) is 4.98 Å². The number of benzene rings is 1. The summed E-state index contributed by atoms with van der Waals surface area (Å²) in [7, 11) is 0. The van der Waals surface area contributed by atoms with Gasteiger partial charge in [-0.3, -0.25) is 4.98 Å². The highest BCUT2D eigenvalue weighted by Gasteiger charge is 2.24. The van der Waals surface area contributed by atoms with Crippen LogP contribution in [-0.2, 0) is 10.8 Å². The molecule has 1 aromatic heterocycles. The van der Waals surface area contributed by atoms with E-state index in [1.54, 1.807) is 0 Å². The van der Waals surface area contributed by atoms with E-state index < -0.39 is 0 Å². The van der Waals surface area contributed by atoms with Crippen molar-refractivity contribution < 1.29 is 0 Å². The van der Waals surface area contributed by atoms with Crippen molar-refractivity contribution in [3.05, 3.63) is 52.3 Å². The minimum atomic E-state index is -0.0404. The maximum absolute atomic E-state index is 6.58. The molecular weight excluding hydrogens is 314 g/mol. The first-order valence-corrected chi connectivity index (χ1v) is 9.11. The van der Waals surface area contributed by atoms with Crippen LogP contribution in [0.2, 0.25) is 5.02 Å². The topological polar surface area (TPSA) is 12.9 Å². The van der Waals surface area contributed by atoms with E-state index >= 15 is 0 Å². The van der Waals surface area contributed by atoms with Gasteiger partial charge in [0, 0.05) is 27.3 Å². The molecule has 0 unspecified atom stereocenters. The van der Waals surface area contributed by atoms with Crippen LogP contribution in [0.4, 0.5) is 0 Å². The van der Waals surface area contributed by atoms with Gasteiger partial charge in [0.1, 0.15) is 0 Å². The molecule has 0 amide bonds. The molecule has 0 radical (unpaired) electrons. The molecule has 1 nitrogen and oxygen atoms in total. The van der Waals surface area contributed by atoms with Gasteiger partial charge >= 0.3 is 0 Å². The van der Waals surface area contributed by atoms with Gasteiger partial charge < -0.3 is 0 Å². The van der Waals surface area contributed by atoms with E-state index in [0.29, 0.717) is 5.92 Å². The predicted molar refractivity (Wildman–Crippen MR) is 106 cm³/mol. The molecule has 1 aromatic carbocycles. The second-order valence-corrected chi connectivity index (χ2v) is 9.39. The summed E-state index contributed by atoms with van der Waals surface area (Å²) in [5, 5.41) is 0.785. The summed E-state index contributed by atoms with van der Waals surface area (Å²) in [6.07, 6.45) is 0. The highest BCUT2D eigenvalue weighted by molar-refractivity contribution is 6.33. The van der Waals surface area contributed by atoms with Gasteiger partial charge in [0.25, 0.3) is 0 Å². The predicted octanol–water partition coefficient (Wildman–Crippen LogP) is 7.12. The summed E-state index contributed by atoms with van der Waals surface area (Å²) < 4.78 is 0. The molecule has 0 spiro atoms. The van der Waals surface area contributed by atoms with Crippen molar-refractivity contribution in [1.29, 1.82) is 0 Å². The molecule has 24 heavy (non-hydrogen) atoms. The molecule has 130 valence electrons. The van der Waals surface area contributed by atoms with Crippen LogP contribution in [0.5, 0.6) is 0 Å². The Morgan fingerprint density at radius 1 is 0.833 bits per heavy atom. The minimum Gasteiger partial charge on any atom is -0.256 e. The van der Waals surface area contributed by atoms with E-state index in [1.807, 2.05) is 6.07 Å². The third-order valence-electron chi connectivity index (χ3n) is 4.34. The summed E-state index contributed by atoms with van der Waals surface area (Å²) in [5.74, 6) is 0.413. The zero-order valence-corrected chi connectivity index (χ0v) is 17.0. The molecule has 2 aromatic rings. The lowest BCUT2D eigenvalue weighted by Crippen LogP contribution is -2.17. The Morgan fingerprint density at radius 3 is 1.96 bits per heavy atom. The van der Waals surface area contributed by atoms with E-state index in [1.165, 1.54) is 5.56 Å². The SMILES string of the molecule is CC(C)c1ccc(-c2cc(C(C)(C)C)ccc2Cl)c(C(C)(C)C)n1. The van der Waals surface area contributed by atoms with E-state index in [-0.39, 0.29) is 10.8 Å². The maximum Gasteiger partial charge on any atom is 0.0539 e. The molecule has 0 aliphatic rings. The van der Waals surface area contributed by atoms with Gasteiger partial charge in [0.2, 0.25) is 0 Å². The van der Waals surface area contributed by atoms with Crippen molar-refractivity contribution >= 4 is 11.6 Å². The standard InChI is InChI=1S/C22H30ClN/c1-14(2)19-12-10-16(20(24-19)22(6,7)8)17-13-15(21(3,4)5)9-11-18(17)23/h9-14H,1-8H3. The zero-order chi connectivity index (χ0) is 18.3. The van der Waals surface area contributed by atoms with Gasteiger partial charge in [-0.15, -0.1) is 0 Å². The van der Waals surface area contributed by atoms with Crippen LogP contribution in [0.15, 0.2) is 30.3 Å². The Balaban J connectivity index is 2.73. The first-order valence-electron chi connectivity index (χ1n) is 8.73. The molecule has 2 rings (SSSR count). The van der Waals surface area contributed by atoms with E-state index in [9.17, 15) is 0 Å². The second kappa shape index (κ2) is 6.52. The molecule has 0 saturated heterocycles. The van der Waals surface area contributed by atoms with Crippen molar-refractivity contribution in [2.45, 2.75) is 72.1 Å². The van der Waals surface area contributed by atoms with Crippen molar-refractivity contribution in [3.8, 4) is 11.1 Å². The largest absolute Gasteiger partial charge is 0.256 e. The summed E-state index contributed by atoms with van der Waals surface area (Å²) >= 11 is 6.58. The fourth-order valence-electron chi connectivity index (χ4n) is 2.78. The third-order valence-corrected chi connectivity index (χ3v) is 4.67. The van der Waals surface area contributed by atoms with Gasteiger partial charge in [0.05, 0.1) is 5.69 Å². The molecule has 0 fully saturated rings. The summed E-state index contributed by atoms with van der Waals surface area (Å²) in [6, 6.07) is 10.7. The normalized spacial score (nSPS) is 12.8. The highest BCUT2D eigenvalue weighted by Crippen LogP contribution is 2.38. The number of pyridine rings is 1. The lowest BCUT2D eigenvalue weighted by atomic mass is 9.82. The third kappa shape index (κ3) is 4.00. The monoisotopic (exact) mass is 343 g/mol. The molecular formula is C22H30ClN. The van der Waals surface area contributed by atoms with Crippen LogP contribution in [0.3, 0.4) is 0 Å².